The summed E-state index contributed by atoms with van der Waals surface area (Å²) in [7, 11) is -2.40. The van der Waals surface area contributed by atoms with Crippen LogP contribution in [0.1, 0.15) is 37.4 Å². The van der Waals surface area contributed by atoms with Crippen molar-refractivity contribution in [2.75, 3.05) is 13.1 Å². The van der Waals surface area contributed by atoms with Gasteiger partial charge in [0.2, 0.25) is 15.9 Å². The molecular formula is C21H26F3N3O3S. The number of carbonyl (C=O) groups is 1. The molecule has 6 nitrogen and oxygen atoms in total. The molecule has 0 aliphatic heterocycles. The quantitative estimate of drug-likeness (QED) is 0.578. The zero-order valence-electron chi connectivity index (χ0n) is 17.5. The van der Waals surface area contributed by atoms with Gasteiger partial charge in [-0.15, -0.1) is 0 Å². The molecule has 1 aromatic heterocycles. The SMILES string of the molecule is CCCN(CC(=O)N(Cc1cccn1C)C1CC1)S(=O)(=O)c1cccc(C(F)(F)F)c1. The van der Waals surface area contributed by atoms with Gasteiger partial charge in [0.15, 0.2) is 0 Å². The van der Waals surface area contributed by atoms with Crippen LogP contribution in [-0.2, 0) is 34.6 Å². The second kappa shape index (κ2) is 9.04. The molecule has 0 saturated heterocycles. The Hall–Kier alpha value is -2.33. The molecule has 31 heavy (non-hydrogen) atoms. The van der Waals surface area contributed by atoms with Crippen molar-refractivity contribution < 1.29 is 26.4 Å². The van der Waals surface area contributed by atoms with Crippen LogP contribution in [0.4, 0.5) is 13.2 Å². The minimum atomic E-state index is -4.66. The van der Waals surface area contributed by atoms with Crippen LogP contribution in [0, 0.1) is 0 Å². The van der Waals surface area contributed by atoms with Gasteiger partial charge in [-0.25, -0.2) is 8.42 Å². The van der Waals surface area contributed by atoms with Crippen LogP contribution in [-0.4, -0.2) is 47.2 Å². The Bertz CT molecular complexity index is 1030. The van der Waals surface area contributed by atoms with E-state index in [1.807, 2.05) is 29.9 Å². The van der Waals surface area contributed by atoms with Crippen molar-refractivity contribution in [1.29, 1.82) is 0 Å². The van der Waals surface area contributed by atoms with Gasteiger partial charge < -0.3 is 9.47 Å². The van der Waals surface area contributed by atoms with E-state index in [0.29, 0.717) is 19.0 Å². The average molecular weight is 458 g/mol. The monoisotopic (exact) mass is 457 g/mol. The summed E-state index contributed by atoms with van der Waals surface area (Å²) in [6, 6.07) is 7.45. The number of amides is 1. The molecular weight excluding hydrogens is 431 g/mol. The van der Waals surface area contributed by atoms with Crippen molar-refractivity contribution >= 4 is 15.9 Å². The number of aromatic nitrogens is 1. The molecule has 3 rings (SSSR count). The van der Waals surface area contributed by atoms with E-state index in [2.05, 4.69) is 0 Å². The fourth-order valence-electron chi connectivity index (χ4n) is 3.40. The third-order valence-corrected chi connectivity index (χ3v) is 7.12. The Labute approximate surface area is 180 Å². The smallest absolute Gasteiger partial charge is 0.353 e. The lowest BCUT2D eigenvalue weighted by molar-refractivity contribution is -0.137. The van der Waals surface area contributed by atoms with Crippen molar-refractivity contribution in [2.45, 2.75) is 49.8 Å². The number of carbonyl (C=O) groups excluding carboxylic acids is 1. The normalized spacial score (nSPS) is 14.8. The second-order valence-electron chi connectivity index (χ2n) is 7.73. The summed E-state index contributed by atoms with van der Waals surface area (Å²) in [6.45, 7) is 1.73. The molecule has 0 spiro atoms. The van der Waals surface area contributed by atoms with Gasteiger partial charge in [-0.2, -0.15) is 17.5 Å². The highest BCUT2D eigenvalue weighted by Crippen LogP contribution is 2.32. The zero-order chi connectivity index (χ0) is 22.8. The molecule has 170 valence electrons. The second-order valence-corrected chi connectivity index (χ2v) is 9.67. The number of benzene rings is 1. The number of rotatable bonds is 9. The van der Waals surface area contributed by atoms with Crippen molar-refractivity contribution in [1.82, 2.24) is 13.8 Å². The summed E-state index contributed by atoms with van der Waals surface area (Å²) < 4.78 is 68.2. The lowest BCUT2D eigenvalue weighted by atomic mass is 10.2. The maximum absolute atomic E-state index is 13.1. The summed E-state index contributed by atoms with van der Waals surface area (Å²) in [4.78, 5) is 14.3. The first kappa shape index (κ1) is 23.3. The maximum Gasteiger partial charge on any atom is 0.416 e. The van der Waals surface area contributed by atoms with Crippen LogP contribution in [0.2, 0.25) is 0 Å². The minimum absolute atomic E-state index is 0.0347. The van der Waals surface area contributed by atoms with E-state index in [0.717, 1.165) is 41.0 Å². The Kier molecular flexibility index (Phi) is 6.80. The van der Waals surface area contributed by atoms with Crippen LogP contribution in [0.25, 0.3) is 0 Å². The predicted octanol–water partition coefficient (Wildman–Crippen LogP) is 3.64. The first-order valence-electron chi connectivity index (χ1n) is 10.1. The number of hydrogen-bond acceptors (Lipinski definition) is 3. The Morgan fingerprint density at radius 3 is 2.45 bits per heavy atom. The molecule has 1 aromatic carbocycles. The first-order chi connectivity index (χ1) is 14.5. The van der Waals surface area contributed by atoms with Gasteiger partial charge >= 0.3 is 6.18 Å². The topological polar surface area (TPSA) is 62.6 Å². The third kappa shape index (κ3) is 5.48. The van der Waals surface area contributed by atoms with E-state index in [4.69, 9.17) is 0 Å². The Morgan fingerprint density at radius 2 is 1.90 bits per heavy atom. The lowest BCUT2D eigenvalue weighted by Gasteiger charge is -2.27. The molecule has 0 N–H and O–H groups in total. The minimum Gasteiger partial charge on any atom is -0.353 e. The molecule has 1 aliphatic carbocycles. The maximum atomic E-state index is 13.1. The molecule has 1 heterocycles. The van der Waals surface area contributed by atoms with Crippen LogP contribution in [0.3, 0.4) is 0 Å². The highest BCUT2D eigenvalue weighted by atomic mass is 32.2. The summed E-state index contributed by atoms with van der Waals surface area (Å²) in [5.74, 6) is -0.354. The summed E-state index contributed by atoms with van der Waals surface area (Å²) in [5, 5.41) is 0. The summed E-state index contributed by atoms with van der Waals surface area (Å²) >= 11 is 0. The lowest BCUT2D eigenvalue weighted by Crippen LogP contribution is -2.44. The van der Waals surface area contributed by atoms with Crippen LogP contribution in [0.15, 0.2) is 47.5 Å². The number of nitrogens with zero attached hydrogens (tertiary/aromatic N) is 3. The average Bonchev–Trinajstić information content (AvgIpc) is 3.47. The molecule has 1 amide bonds. The van der Waals surface area contributed by atoms with E-state index in [1.165, 1.54) is 0 Å². The van der Waals surface area contributed by atoms with Crippen molar-refractivity contribution in [3.8, 4) is 0 Å². The van der Waals surface area contributed by atoms with E-state index in [1.54, 1.807) is 11.8 Å². The van der Waals surface area contributed by atoms with Crippen molar-refractivity contribution in [3.05, 3.63) is 53.9 Å². The van der Waals surface area contributed by atoms with Gasteiger partial charge in [-0.1, -0.05) is 13.0 Å². The van der Waals surface area contributed by atoms with E-state index < -0.39 is 33.2 Å². The number of halogens is 3. The number of hydrogen-bond donors (Lipinski definition) is 0. The fraction of sp³-hybridized carbons (Fsp3) is 0.476. The molecule has 1 aliphatic rings. The summed E-state index contributed by atoms with van der Waals surface area (Å²) in [6.07, 6.45) is -0.664. The van der Waals surface area contributed by atoms with Gasteiger partial charge in [0, 0.05) is 31.5 Å². The molecule has 1 saturated carbocycles. The van der Waals surface area contributed by atoms with Gasteiger partial charge in [0.1, 0.15) is 0 Å². The predicted molar refractivity (Wildman–Crippen MR) is 109 cm³/mol. The molecule has 0 radical (unpaired) electrons. The number of sulfonamides is 1. The standard InChI is InChI=1S/C21H26F3N3O3S/c1-3-11-26(31(29,30)19-8-4-6-16(13-19)21(22,23)24)15-20(28)27(17-9-10-17)14-18-7-5-12-25(18)2/h4-8,12-13,17H,3,9-11,14-15H2,1-2H3. The first-order valence-corrected chi connectivity index (χ1v) is 11.5. The number of alkyl halides is 3. The highest BCUT2D eigenvalue weighted by Gasteiger charge is 2.36. The number of aryl methyl sites for hydroxylation is 1. The molecule has 2 aromatic rings. The van der Waals surface area contributed by atoms with Gasteiger partial charge in [0.25, 0.3) is 0 Å². The van der Waals surface area contributed by atoms with Crippen LogP contribution < -0.4 is 0 Å². The van der Waals surface area contributed by atoms with Crippen molar-refractivity contribution in [2.24, 2.45) is 7.05 Å². The fourth-order valence-corrected chi connectivity index (χ4v) is 4.93. The van der Waals surface area contributed by atoms with Gasteiger partial charge in [-0.05, 0) is 49.6 Å². The van der Waals surface area contributed by atoms with Crippen LogP contribution in [0.5, 0.6) is 0 Å². The van der Waals surface area contributed by atoms with E-state index >= 15 is 0 Å². The molecule has 0 bridgehead atoms. The summed E-state index contributed by atoms with van der Waals surface area (Å²) in [5.41, 5.74) is -0.123. The molecule has 10 heteroatoms. The van der Waals surface area contributed by atoms with E-state index in [9.17, 15) is 26.4 Å². The van der Waals surface area contributed by atoms with E-state index in [-0.39, 0.29) is 18.5 Å². The van der Waals surface area contributed by atoms with Gasteiger partial charge in [-0.3, -0.25) is 4.79 Å². The highest BCUT2D eigenvalue weighted by molar-refractivity contribution is 7.89. The zero-order valence-corrected chi connectivity index (χ0v) is 18.3. The van der Waals surface area contributed by atoms with Crippen molar-refractivity contribution in [3.63, 3.8) is 0 Å². The third-order valence-electron chi connectivity index (χ3n) is 5.28. The largest absolute Gasteiger partial charge is 0.416 e. The molecule has 1 fully saturated rings. The van der Waals surface area contributed by atoms with Crippen LogP contribution >= 0.6 is 0 Å². The van der Waals surface area contributed by atoms with Gasteiger partial charge in [0.05, 0.1) is 23.5 Å². The Balaban J connectivity index is 1.84. The molecule has 0 atom stereocenters. The molecule has 0 unspecified atom stereocenters. The Morgan fingerprint density at radius 1 is 1.19 bits per heavy atom.